The van der Waals surface area contributed by atoms with Gasteiger partial charge < -0.3 is 20.1 Å². The fourth-order valence-corrected chi connectivity index (χ4v) is 4.06. The van der Waals surface area contributed by atoms with Gasteiger partial charge in [-0.1, -0.05) is 13.8 Å². The summed E-state index contributed by atoms with van der Waals surface area (Å²) in [7, 11) is 1.80. The summed E-state index contributed by atoms with van der Waals surface area (Å²) >= 11 is 0. The van der Waals surface area contributed by atoms with Crippen LogP contribution in [0.4, 0.5) is 0 Å². The quantitative estimate of drug-likeness (QED) is 0.778. The number of aliphatic hydroxyl groups excluding tert-OH is 1. The molecule has 0 bridgehead atoms. The number of piperidine rings is 1. The Morgan fingerprint density at radius 3 is 2.55 bits per heavy atom. The highest BCUT2D eigenvalue weighted by Crippen LogP contribution is 2.35. The van der Waals surface area contributed by atoms with Crippen molar-refractivity contribution in [3.8, 4) is 0 Å². The van der Waals surface area contributed by atoms with E-state index in [1.54, 1.807) is 7.11 Å². The molecule has 1 saturated carbocycles. The highest BCUT2D eigenvalue weighted by Gasteiger charge is 2.41. The number of aliphatic hydroxyl groups is 1. The lowest BCUT2D eigenvalue weighted by Crippen LogP contribution is -2.51. The number of nitrogens with one attached hydrogen (secondary N) is 1. The van der Waals surface area contributed by atoms with E-state index in [1.807, 2.05) is 0 Å². The highest BCUT2D eigenvalue weighted by molar-refractivity contribution is 5.00. The second-order valence-corrected chi connectivity index (χ2v) is 7.07. The minimum Gasteiger partial charge on any atom is -0.394 e. The zero-order chi connectivity index (χ0) is 14.6. The molecule has 2 fully saturated rings. The second-order valence-electron chi connectivity index (χ2n) is 7.07. The average molecular weight is 284 g/mol. The van der Waals surface area contributed by atoms with Crippen LogP contribution in [0.1, 0.15) is 46.0 Å². The first-order valence-electron chi connectivity index (χ1n) is 8.20. The molecule has 4 heteroatoms. The number of ether oxygens (including phenoxy) is 1. The zero-order valence-electron chi connectivity index (χ0n) is 13.4. The first kappa shape index (κ1) is 16.2. The molecule has 2 rings (SSSR count). The van der Waals surface area contributed by atoms with Gasteiger partial charge in [0, 0.05) is 31.3 Å². The van der Waals surface area contributed by atoms with Crippen LogP contribution in [0, 0.1) is 5.92 Å². The largest absolute Gasteiger partial charge is 0.394 e. The Hall–Kier alpha value is -0.160. The topological polar surface area (TPSA) is 44.7 Å². The molecule has 0 amide bonds. The molecule has 1 aliphatic carbocycles. The van der Waals surface area contributed by atoms with Crippen molar-refractivity contribution in [2.75, 3.05) is 33.4 Å². The first-order chi connectivity index (χ1) is 9.58. The van der Waals surface area contributed by atoms with Crippen LogP contribution < -0.4 is 5.32 Å². The van der Waals surface area contributed by atoms with E-state index in [4.69, 9.17) is 4.74 Å². The van der Waals surface area contributed by atoms with Crippen LogP contribution in [0.5, 0.6) is 0 Å². The van der Waals surface area contributed by atoms with Crippen LogP contribution in [0.25, 0.3) is 0 Å². The Bertz CT molecular complexity index is 290. The van der Waals surface area contributed by atoms with E-state index in [9.17, 15) is 5.11 Å². The summed E-state index contributed by atoms with van der Waals surface area (Å²) in [6, 6.07) is 1.09. The van der Waals surface area contributed by atoms with Crippen molar-refractivity contribution in [1.29, 1.82) is 0 Å². The maximum atomic E-state index is 9.80. The molecule has 1 aliphatic heterocycles. The van der Waals surface area contributed by atoms with Crippen molar-refractivity contribution in [3.63, 3.8) is 0 Å². The Morgan fingerprint density at radius 2 is 2.00 bits per heavy atom. The van der Waals surface area contributed by atoms with Gasteiger partial charge >= 0.3 is 0 Å². The number of hydrogen-bond donors (Lipinski definition) is 2. The lowest BCUT2D eigenvalue weighted by atomic mass is 9.94. The van der Waals surface area contributed by atoms with E-state index in [0.29, 0.717) is 12.1 Å². The first-order valence-corrected chi connectivity index (χ1v) is 8.20. The number of rotatable bonds is 6. The van der Waals surface area contributed by atoms with Gasteiger partial charge in [-0.05, 0) is 51.1 Å². The van der Waals surface area contributed by atoms with Crippen LogP contribution in [-0.4, -0.2) is 61.0 Å². The zero-order valence-corrected chi connectivity index (χ0v) is 13.4. The monoisotopic (exact) mass is 284 g/mol. The molecule has 0 radical (unpaired) electrons. The smallest absolute Gasteiger partial charge is 0.0614 e. The number of nitrogens with zero attached hydrogens (tertiary/aromatic N) is 1. The molecule has 0 aromatic heterocycles. The molecule has 2 atom stereocenters. The number of hydrogen-bond acceptors (Lipinski definition) is 4. The van der Waals surface area contributed by atoms with E-state index < -0.39 is 0 Å². The summed E-state index contributed by atoms with van der Waals surface area (Å²) in [6.07, 6.45) is 5.93. The van der Waals surface area contributed by atoms with Crippen LogP contribution >= 0.6 is 0 Å². The Kier molecular flexibility index (Phi) is 5.84. The van der Waals surface area contributed by atoms with Crippen molar-refractivity contribution in [2.24, 2.45) is 5.92 Å². The van der Waals surface area contributed by atoms with Gasteiger partial charge in [-0.2, -0.15) is 0 Å². The normalized spacial score (nSPS) is 33.1. The summed E-state index contributed by atoms with van der Waals surface area (Å²) in [5.41, 5.74) is -0.0395. The third kappa shape index (κ3) is 3.94. The number of methoxy groups -OCH3 is 1. The predicted molar refractivity (Wildman–Crippen MR) is 81.9 cm³/mol. The summed E-state index contributed by atoms with van der Waals surface area (Å²) < 4.78 is 5.27. The van der Waals surface area contributed by atoms with E-state index in [0.717, 1.165) is 25.4 Å². The van der Waals surface area contributed by atoms with Gasteiger partial charge in [0.25, 0.3) is 0 Å². The summed E-state index contributed by atoms with van der Waals surface area (Å²) in [6.45, 7) is 7.90. The van der Waals surface area contributed by atoms with E-state index in [-0.39, 0.29) is 12.1 Å². The van der Waals surface area contributed by atoms with Gasteiger partial charge in [-0.15, -0.1) is 0 Å². The molecule has 0 aromatic carbocycles. The third-order valence-electron chi connectivity index (χ3n) is 5.05. The number of likely N-dealkylation sites (tertiary alicyclic amines) is 1. The Morgan fingerprint density at radius 1 is 1.30 bits per heavy atom. The van der Waals surface area contributed by atoms with Gasteiger partial charge in [-0.3, -0.25) is 0 Å². The predicted octanol–water partition coefficient (Wildman–Crippen LogP) is 1.63. The van der Waals surface area contributed by atoms with Gasteiger partial charge in [0.1, 0.15) is 0 Å². The van der Waals surface area contributed by atoms with E-state index in [2.05, 4.69) is 24.1 Å². The SMILES string of the molecule is COCC1CCN(C2CCC(CO)(NC(C)C)C2)CC1. The standard InChI is InChI=1S/C16H32N2O2/c1-13(2)17-16(12-19)7-4-15(10-16)18-8-5-14(6-9-18)11-20-3/h13-15,17,19H,4-12H2,1-3H3. The summed E-state index contributed by atoms with van der Waals surface area (Å²) in [5, 5.41) is 13.4. The summed E-state index contributed by atoms with van der Waals surface area (Å²) in [5.74, 6) is 0.744. The van der Waals surface area contributed by atoms with Crippen LogP contribution in [0.15, 0.2) is 0 Å². The van der Waals surface area contributed by atoms with Crippen molar-refractivity contribution in [1.82, 2.24) is 10.2 Å². The third-order valence-corrected chi connectivity index (χ3v) is 5.05. The molecule has 0 spiro atoms. The van der Waals surface area contributed by atoms with Gasteiger partial charge in [0.05, 0.1) is 6.61 Å². The lowest BCUT2D eigenvalue weighted by molar-refractivity contribution is 0.0747. The maximum absolute atomic E-state index is 9.80. The van der Waals surface area contributed by atoms with Crippen LogP contribution in [0.3, 0.4) is 0 Å². The van der Waals surface area contributed by atoms with E-state index in [1.165, 1.54) is 32.4 Å². The molecule has 2 unspecified atom stereocenters. The van der Waals surface area contributed by atoms with Crippen molar-refractivity contribution in [3.05, 3.63) is 0 Å². The van der Waals surface area contributed by atoms with Crippen LogP contribution in [0.2, 0.25) is 0 Å². The molecule has 118 valence electrons. The van der Waals surface area contributed by atoms with Gasteiger partial charge in [0.15, 0.2) is 0 Å². The molecule has 0 aromatic rings. The molecule has 2 aliphatic rings. The highest BCUT2D eigenvalue weighted by atomic mass is 16.5. The molecule has 1 saturated heterocycles. The summed E-state index contributed by atoms with van der Waals surface area (Å²) in [4.78, 5) is 2.64. The molecule has 4 nitrogen and oxygen atoms in total. The van der Waals surface area contributed by atoms with E-state index >= 15 is 0 Å². The maximum Gasteiger partial charge on any atom is 0.0614 e. The van der Waals surface area contributed by atoms with Crippen molar-refractivity contribution in [2.45, 2.75) is 63.6 Å². The van der Waals surface area contributed by atoms with Crippen molar-refractivity contribution >= 4 is 0 Å². The fraction of sp³-hybridized carbons (Fsp3) is 1.00. The van der Waals surface area contributed by atoms with Crippen LogP contribution in [-0.2, 0) is 4.74 Å². The molecule has 20 heavy (non-hydrogen) atoms. The van der Waals surface area contributed by atoms with Crippen molar-refractivity contribution < 1.29 is 9.84 Å². The average Bonchev–Trinajstić information content (AvgIpc) is 2.84. The molecule has 2 N–H and O–H groups in total. The minimum atomic E-state index is -0.0395. The molecular formula is C16H32N2O2. The van der Waals surface area contributed by atoms with Gasteiger partial charge in [0.2, 0.25) is 0 Å². The Balaban J connectivity index is 1.83. The fourth-order valence-electron chi connectivity index (χ4n) is 4.06. The second kappa shape index (κ2) is 7.21. The minimum absolute atomic E-state index is 0.0395. The molecular weight excluding hydrogens is 252 g/mol. The molecule has 1 heterocycles. The Labute approximate surface area is 123 Å². The van der Waals surface area contributed by atoms with Gasteiger partial charge in [-0.25, -0.2) is 0 Å². The lowest BCUT2D eigenvalue weighted by Gasteiger charge is -2.37.